The Labute approximate surface area is 105 Å². The number of nitrogens with zero attached hydrogens (tertiary/aromatic N) is 3. The van der Waals surface area contributed by atoms with Crippen molar-refractivity contribution in [3.8, 4) is 12.1 Å². The number of ether oxygens (including phenoxy) is 2. The Hall–Kier alpha value is -1.63. The van der Waals surface area contributed by atoms with Crippen LogP contribution in [0.4, 0.5) is 0 Å². The van der Waals surface area contributed by atoms with Gasteiger partial charge in [0.15, 0.2) is 5.41 Å². The molecule has 1 saturated heterocycles. The van der Waals surface area contributed by atoms with Crippen LogP contribution in [-0.2, 0) is 9.47 Å². The first-order valence-corrected chi connectivity index (χ1v) is 6.11. The van der Waals surface area contributed by atoms with E-state index in [4.69, 9.17) is 15.2 Å². The van der Waals surface area contributed by atoms with Crippen LogP contribution in [0.1, 0.15) is 19.8 Å². The van der Waals surface area contributed by atoms with Gasteiger partial charge in [0.05, 0.1) is 25.4 Å². The number of aliphatic imine (C=N–C) groups is 1. The molecule has 6 heteroatoms. The van der Waals surface area contributed by atoms with Gasteiger partial charge < -0.3 is 15.2 Å². The van der Waals surface area contributed by atoms with E-state index in [1.54, 1.807) is 0 Å². The molecule has 1 spiro atoms. The highest BCUT2D eigenvalue weighted by molar-refractivity contribution is 5.98. The van der Waals surface area contributed by atoms with E-state index in [1.807, 2.05) is 6.92 Å². The second kappa shape index (κ2) is 3.23. The van der Waals surface area contributed by atoms with E-state index in [0.29, 0.717) is 13.2 Å². The molecule has 2 N–H and O–H groups in total. The number of nitriles is 2. The summed E-state index contributed by atoms with van der Waals surface area (Å²) in [7, 11) is 0. The van der Waals surface area contributed by atoms with Gasteiger partial charge in [-0.05, 0) is 6.42 Å². The van der Waals surface area contributed by atoms with Gasteiger partial charge in [-0.2, -0.15) is 10.5 Å². The predicted molar refractivity (Wildman–Crippen MR) is 60.7 cm³/mol. The third kappa shape index (κ3) is 0.838. The summed E-state index contributed by atoms with van der Waals surface area (Å²) in [6.07, 6.45) is 1.62. The number of amidine groups is 1. The third-order valence-corrected chi connectivity index (χ3v) is 4.36. The van der Waals surface area contributed by atoms with Gasteiger partial charge in [0.1, 0.15) is 11.3 Å². The summed E-state index contributed by atoms with van der Waals surface area (Å²) in [6, 6.07) is 4.44. The molecular formula is C12H14N4O2. The van der Waals surface area contributed by atoms with Gasteiger partial charge in [-0.1, -0.05) is 13.3 Å². The molecule has 0 bridgehead atoms. The monoisotopic (exact) mass is 246 g/mol. The van der Waals surface area contributed by atoms with Gasteiger partial charge in [-0.3, -0.25) is 0 Å². The lowest BCUT2D eigenvalue weighted by Crippen LogP contribution is -2.39. The molecule has 3 atom stereocenters. The summed E-state index contributed by atoms with van der Waals surface area (Å²) >= 11 is 0. The Morgan fingerprint density at radius 1 is 1.39 bits per heavy atom. The van der Waals surface area contributed by atoms with Crippen molar-refractivity contribution >= 4 is 5.84 Å². The molecule has 2 aliphatic heterocycles. The molecule has 0 aromatic carbocycles. The SMILES string of the molecule is CCC[C@@H]1[C@]2(C#N)C(N)=NC3(OCCO3)[C@]12C#N. The third-order valence-electron chi connectivity index (χ3n) is 4.36. The summed E-state index contributed by atoms with van der Waals surface area (Å²) in [6.45, 7) is 2.77. The second-order valence-corrected chi connectivity index (χ2v) is 4.96. The zero-order valence-corrected chi connectivity index (χ0v) is 10.1. The van der Waals surface area contributed by atoms with E-state index in [1.165, 1.54) is 0 Å². The first kappa shape index (κ1) is 11.5. The zero-order valence-electron chi connectivity index (χ0n) is 10.1. The minimum Gasteiger partial charge on any atom is -0.386 e. The molecular weight excluding hydrogens is 232 g/mol. The van der Waals surface area contributed by atoms with E-state index in [0.717, 1.165) is 12.8 Å². The Morgan fingerprint density at radius 2 is 2.06 bits per heavy atom. The number of nitrogens with two attached hydrogens (primary N) is 1. The average molecular weight is 246 g/mol. The van der Waals surface area contributed by atoms with Crippen molar-refractivity contribution < 1.29 is 9.47 Å². The van der Waals surface area contributed by atoms with E-state index < -0.39 is 16.7 Å². The molecule has 0 aromatic rings. The van der Waals surface area contributed by atoms with Crippen molar-refractivity contribution in [3.63, 3.8) is 0 Å². The molecule has 1 aliphatic carbocycles. The normalized spacial score (nSPS) is 43.1. The standard InChI is InChI=1S/C12H14N4O2/c1-2-3-8-10(6-13)9(15)16-12(11(8,10)7-14)17-4-5-18-12/h8H,2-5H2,1H3,(H2,15,16)/t8-,10-,11-/m1/s1. The van der Waals surface area contributed by atoms with Gasteiger partial charge in [0.25, 0.3) is 5.91 Å². The van der Waals surface area contributed by atoms with Crippen LogP contribution in [0.15, 0.2) is 4.99 Å². The molecule has 1 saturated carbocycles. The Bertz CT molecular complexity index is 511. The van der Waals surface area contributed by atoms with Gasteiger partial charge in [0.2, 0.25) is 0 Å². The fraction of sp³-hybridized carbons (Fsp3) is 0.750. The van der Waals surface area contributed by atoms with Gasteiger partial charge in [-0.15, -0.1) is 0 Å². The Kier molecular flexibility index (Phi) is 2.05. The van der Waals surface area contributed by atoms with Crippen LogP contribution in [0.5, 0.6) is 0 Å². The maximum Gasteiger partial charge on any atom is 0.293 e. The van der Waals surface area contributed by atoms with Crippen LogP contribution in [0.2, 0.25) is 0 Å². The smallest absolute Gasteiger partial charge is 0.293 e. The summed E-state index contributed by atoms with van der Waals surface area (Å²) < 4.78 is 11.1. The highest BCUT2D eigenvalue weighted by Crippen LogP contribution is 2.79. The lowest BCUT2D eigenvalue weighted by Gasteiger charge is -2.25. The molecule has 6 nitrogen and oxygen atoms in total. The average Bonchev–Trinajstić information content (AvgIpc) is 2.65. The fourth-order valence-electron chi connectivity index (χ4n) is 3.61. The van der Waals surface area contributed by atoms with E-state index >= 15 is 0 Å². The molecule has 0 amide bonds. The summed E-state index contributed by atoms with van der Waals surface area (Å²) in [5, 5.41) is 19.1. The quantitative estimate of drug-likeness (QED) is 0.764. The van der Waals surface area contributed by atoms with Gasteiger partial charge in [0, 0.05) is 5.92 Å². The number of rotatable bonds is 2. The molecule has 0 radical (unpaired) electrons. The van der Waals surface area contributed by atoms with E-state index in [-0.39, 0.29) is 11.8 Å². The number of hydrogen-bond donors (Lipinski definition) is 1. The highest BCUT2D eigenvalue weighted by Gasteiger charge is 2.93. The Balaban J connectivity index is 2.14. The molecule has 2 fully saturated rings. The van der Waals surface area contributed by atoms with Gasteiger partial charge >= 0.3 is 0 Å². The van der Waals surface area contributed by atoms with Crippen molar-refractivity contribution in [2.45, 2.75) is 25.7 Å². The van der Waals surface area contributed by atoms with Crippen LogP contribution in [0.25, 0.3) is 0 Å². The maximum atomic E-state index is 9.61. The largest absolute Gasteiger partial charge is 0.386 e. The molecule has 2 heterocycles. The van der Waals surface area contributed by atoms with Crippen molar-refractivity contribution in [1.82, 2.24) is 0 Å². The summed E-state index contributed by atoms with van der Waals surface area (Å²) in [5.74, 6) is -1.31. The summed E-state index contributed by atoms with van der Waals surface area (Å²) in [4.78, 5) is 4.17. The van der Waals surface area contributed by atoms with Gasteiger partial charge in [-0.25, -0.2) is 4.99 Å². The van der Waals surface area contributed by atoms with Crippen LogP contribution < -0.4 is 5.73 Å². The van der Waals surface area contributed by atoms with Crippen LogP contribution in [-0.4, -0.2) is 25.0 Å². The zero-order chi connectivity index (χ0) is 13.0. The molecule has 94 valence electrons. The molecule has 0 unspecified atom stereocenters. The molecule has 3 aliphatic rings. The lowest BCUT2D eigenvalue weighted by atomic mass is 9.94. The Morgan fingerprint density at radius 3 is 2.56 bits per heavy atom. The lowest BCUT2D eigenvalue weighted by molar-refractivity contribution is -0.186. The van der Waals surface area contributed by atoms with E-state index in [9.17, 15) is 10.5 Å². The fourth-order valence-corrected chi connectivity index (χ4v) is 3.61. The second-order valence-electron chi connectivity index (χ2n) is 4.96. The minimum atomic E-state index is -1.35. The molecule has 3 rings (SSSR count). The maximum absolute atomic E-state index is 9.61. The van der Waals surface area contributed by atoms with Crippen molar-refractivity contribution in [1.29, 1.82) is 10.5 Å². The first-order chi connectivity index (χ1) is 8.65. The topological polar surface area (TPSA) is 104 Å². The van der Waals surface area contributed by atoms with Crippen molar-refractivity contribution in [3.05, 3.63) is 0 Å². The number of fused-ring (bicyclic) bond motifs is 2. The highest BCUT2D eigenvalue weighted by atomic mass is 16.8. The van der Waals surface area contributed by atoms with Crippen molar-refractivity contribution in [2.24, 2.45) is 27.5 Å². The molecule has 18 heavy (non-hydrogen) atoms. The molecule has 0 aromatic heterocycles. The number of hydrogen-bond acceptors (Lipinski definition) is 6. The van der Waals surface area contributed by atoms with Crippen LogP contribution >= 0.6 is 0 Å². The van der Waals surface area contributed by atoms with Crippen LogP contribution in [0.3, 0.4) is 0 Å². The minimum absolute atomic E-state index is 0.152. The van der Waals surface area contributed by atoms with E-state index in [2.05, 4.69) is 17.1 Å². The summed E-state index contributed by atoms with van der Waals surface area (Å²) in [5.41, 5.74) is 3.83. The first-order valence-electron chi connectivity index (χ1n) is 6.11. The predicted octanol–water partition coefficient (Wildman–Crippen LogP) is 0.508. The van der Waals surface area contributed by atoms with Crippen LogP contribution in [0, 0.1) is 39.4 Å². The van der Waals surface area contributed by atoms with Crippen molar-refractivity contribution in [2.75, 3.05) is 13.2 Å².